The number of carboxylic acid groups (broad SMARTS) is 1. The molecule has 0 spiro atoms. The zero-order valence-electron chi connectivity index (χ0n) is 8.76. The van der Waals surface area contributed by atoms with Crippen LogP contribution in [-0.2, 0) is 4.79 Å². The van der Waals surface area contributed by atoms with Crippen molar-refractivity contribution in [3.05, 3.63) is 28.5 Å². The Morgan fingerprint density at radius 2 is 2.18 bits per heavy atom. The monoisotopic (exact) mass is 302 g/mol. The van der Waals surface area contributed by atoms with Gasteiger partial charge in [0.1, 0.15) is 6.04 Å². The van der Waals surface area contributed by atoms with E-state index in [1.807, 2.05) is 0 Å². The highest BCUT2D eigenvalue weighted by atomic mass is 79.9. The van der Waals surface area contributed by atoms with E-state index >= 15 is 0 Å². The number of rotatable bonds is 5. The second-order valence-corrected chi connectivity index (χ2v) is 4.18. The molecule has 0 radical (unpaired) electrons. The first-order chi connectivity index (χ1) is 8.04. The number of carbonyl (C=O) groups excluding carboxylic acids is 1. The smallest absolute Gasteiger partial charge is 0.326 e. The lowest BCUT2D eigenvalue weighted by Gasteiger charge is -2.12. The Balaban J connectivity index is 2.73. The van der Waals surface area contributed by atoms with Crippen LogP contribution in [0.25, 0.3) is 0 Å². The minimum absolute atomic E-state index is 0.0392. The molecule has 3 N–H and O–H groups in total. The molecule has 0 aliphatic rings. The summed E-state index contributed by atoms with van der Waals surface area (Å²) in [6.07, 6.45) is 2.81. The molecule has 6 nitrogen and oxygen atoms in total. The van der Waals surface area contributed by atoms with Crippen LogP contribution in [0.3, 0.4) is 0 Å². The topological polar surface area (TPSA) is 99.5 Å². The Morgan fingerprint density at radius 3 is 2.71 bits per heavy atom. The summed E-state index contributed by atoms with van der Waals surface area (Å²) in [5.41, 5.74) is 0.253. The van der Waals surface area contributed by atoms with Crippen molar-refractivity contribution in [3.8, 4) is 0 Å². The summed E-state index contributed by atoms with van der Waals surface area (Å²) in [6, 6.07) is 0.423. The number of nitrogens with zero attached hydrogens (tertiary/aromatic N) is 1. The van der Waals surface area contributed by atoms with Crippen molar-refractivity contribution in [1.82, 2.24) is 10.3 Å². The Hall–Kier alpha value is -1.47. The Labute approximate surface area is 106 Å². The second kappa shape index (κ2) is 6.31. The molecule has 0 fully saturated rings. The number of aliphatic hydroxyl groups is 1. The summed E-state index contributed by atoms with van der Waals surface area (Å²) in [5.74, 6) is -1.73. The van der Waals surface area contributed by atoms with Gasteiger partial charge in [-0.2, -0.15) is 0 Å². The first-order valence-corrected chi connectivity index (χ1v) is 5.59. The maximum Gasteiger partial charge on any atom is 0.326 e. The normalized spacial score (nSPS) is 11.9. The van der Waals surface area contributed by atoms with Crippen LogP contribution in [0.5, 0.6) is 0 Å². The third kappa shape index (κ3) is 4.12. The highest BCUT2D eigenvalue weighted by Gasteiger charge is 2.20. The molecule has 17 heavy (non-hydrogen) atoms. The van der Waals surface area contributed by atoms with Crippen molar-refractivity contribution in [2.45, 2.75) is 12.5 Å². The highest BCUT2D eigenvalue weighted by Crippen LogP contribution is 2.09. The summed E-state index contributed by atoms with van der Waals surface area (Å²) in [7, 11) is 0. The van der Waals surface area contributed by atoms with Gasteiger partial charge >= 0.3 is 5.97 Å². The summed E-state index contributed by atoms with van der Waals surface area (Å²) in [5, 5.41) is 19.8. The van der Waals surface area contributed by atoms with Crippen molar-refractivity contribution in [2.24, 2.45) is 0 Å². The number of hydrogen-bond acceptors (Lipinski definition) is 4. The van der Waals surface area contributed by atoms with Gasteiger partial charge in [-0.25, -0.2) is 4.79 Å². The minimum atomic E-state index is -1.18. The van der Waals surface area contributed by atoms with Gasteiger partial charge in [-0.15, -0.1) is 0 Å². The van der Waals surface area contributed by atoms with Crippen LogP contribution in [-0.4, -0.2) is 39.7 Å². The quantitative estimate of drug-likeness (QED) is 0.731. The fraction of sp³-hybridized carbons (Fsp3) is 0.300. The first kappa shape index (κ1) is 13.6. The van der Waals surface area contributed by atoms with E-state index in [2.05, 4.69) is 26.2 Å². The zero-order valence-corrected chi connectivity index (χ0v) is 10.3. The third-order valence-corrected chi connectivity index (χ3v) is 2.42. The first-order valence-electron chi connectivity index (χ1n) is 4.79. The zero-order chi connectivity index (χ0) is 12.8. The van der Waals surface area contributed by atoms with Gasteiger partial charge in [0.15, 0.2) is 0 Å². The average molecular weight is 303 g/mol. The van der Waals surface area contributed by atoms with Gasteiger partial charge in [-0.1, -0.05) is 0 Å². The molecule has 1 amide bonds. The van der Waals surface area contributed by atoms with E-state index in [0.29, 0.717) is 4.47 Å². The maximum absolute atomic E-state index is 11.7. The molecule has 0 aromatic carbocycles. The molecule has 92 valence electrons. The van der Waals surface area contributed by atoms with Crippen molar-refractivity contribution in [2.75, 3.05) is 6.61 Å². The predicted octanol–water partition coefficient (Wildman–Crippen LogP) is 0.410. The van der Waals surface area contributed by atoms with Crippen molar-refractivity contribution in [3.63, 3.8) is 0 Å². The van der Waals surface area contributed by atoms with E-state index < -0.39 is 17.9 Å². The van der Waals surface area contributed by atoms with Gasteiger partial charge in [-0.05, 0) is 22.0 Å². The molecule has 0 aliphatic carbocycles. The van der Waals surface area contributed by atoms with Crippen molar-refractivity contribution >= 4 is 27.8 Å². The molecule has 1 rings (SSSR count). The largest absolute Gasteiger partial charge is 0.480 e. The van der Waals surface area contributed by atoms with Gasteiger partial charge in [0.2, 0.25) is 0 Å². The number of hydrogen-bond donors (Lipinski definition) is 3. The fourth-order valence-electron chi connectivity index (χ4n) is 1.16. The lowest BCUT2D eigenvalue weighted by atomic mass is 10.2. The van der Waals surface area contributed by atoms with Crippen LogP contribution in [0.4, 0.5) is 0 Å². The molecule has 1 atom stereocenters. The predicted molar refractivity (Wildman–Crippen MR) is 62.5 cm³/mol. The number of aliphatic carboxylic acids is 1. The van der Waals surface area contributed by atoms with E-state index in [0.717, 1.165) is 0 Å². The van der Waals surface area contributed by atoms with Crippen LogP contribution in [0.15, 0.2) is 22.9 Å². The van der Waals surface area contributed by atoms with Crippen LogP contribution in [0.1, 0.15) is 16.8 Å². The number of amides is 1. The van der Waals surface area contributed by atoms with E-state index in [1.165, 1.54) is 18.5 Å². The van der Waals surface area contributed by atoms with E-state index in [-0.39, 0.29) is 18.6 Å². The molecule has 1 aromatic rings. The number of carbonyl (C=O) groups is 2. The maximum atomic E-state index is 11.7. The van der Waals surface area contributed by atoms with Crippen LogP contribution >= 0.6 is 15.9 Å². The second-order valence-electron chi connectivity index (χ2n) is 3.27. The Bertz CT molecular complexity index is 425. The van der Waals surface area contributed by atoms with Gasteiger partial charge in [-0.3, -0.25) is 9.78 Å². The van der Waals surface area contributed by atoms with E-state index in [9.17, 15) is 9.59 Å². The third-order valence-electron chi connectivity index (χ3n) is 1.99. The highest BCUT2D eigenvalue weighted by molar-refractivity contribution is 9.10. The molecule has 0 bridgehead atoms. The average Bonchev–Trinajstić information content (AvgIpc) is 2.28. The van der Waals surface area contributed by atoms with Crippen LogP contribution in [0.2, 0.25) is 0 Å². The number of aliphatic hydroxyl groups excluding tert-OH is 1. The number of pyridine rings is 1. The van der Waals surface area contributed by atoms with E-state index in [1.54, 1.807) is 0 Å². The molecular formula is C10H11BrN2O4. The summed E-state index contributed by atoms with van der Waals surface area (Å²) < 4.78 is 0.624. The van der Waals surface area contributed by atoms with Gasteiger partial charge < -0.3 is 15.5 Å². The van der Waals surface area contributed by atoms with Gasteiger partial charge in [0.25, 0.3) is 5.91 Å². The molecule has 1 heterocycles. The lowest BCUT2D eigenvalue weighted by Crippen LogP contribution is -2.41. The van der Waals surface area contributed by atoms with Crippen LogP contribution < -0.4 is 5.32 Å². The molecule has 7 heteroatoms. The molecule has 1 aromatic heterocycles. The Morgan fingerprint density at radius 1 is 1.47 bits per heavy atom. The number of aromatic nitrogens is 1. The fourth-order valence-corrected chi connectivity index (χ4v) is 1.53. The number of nitrogens with one attached hydrogen (secondary N) is 1. The van der Waals surface area contributed by atoms with E-state index in [4.69, 9.17) is 10.2 Å². The SMILES string of the molecule is O=C(N[C@@H](CCO)C(=O)O)c1cncc(Br)c1. The molecule has 0 saturated carbocycles. The van der Waals surface area contributed by atoms with Crippen molar-refractivity contribution in [1.29, 1.82) is 0 Å². The Kier molecular flexibility index (Phi) is 5.05. The summed E-state index contributed by atoms with van der Waals surface area (Å²) in [4.78, 5) is 26.2. The number of halogens is 1. The van der Waals surface area contributed by atoms with Crippen molar-refractivity contribution < 1.29 is 19.8 Å². The standard InChI is InChI=1S/C10H11BrN2O4/c11-7-3-6(4-12-5-7)9(15)13-8(1-2-14)10(16)17/h3-5,8,14H,1-2H2,(H,13,15)(H,16,17)/t8-/m0/s1. The number of carboxylic acids is 1. The lowest BCUT2D eigenvalue weighted by molar-refractivity contribution is -0.139. The van der Waals surface area contributed by atoms with Gasteiger partial charge in [0, 0.05) is 29.9 Å². The molecular weight excluding hydrogens is 292 g/mol. The van der Waals surface area contributed by atoms with Crippen LogP contribution in [0, 0.1) is 0 Å². The summed E-state index contributed by atoms with van der Waals surface area (Å²) in [6.45, 7) is -0.312. The van der Waals surface area contributed by atoms with Gasteiger partial charge in [0.05, 0.1) is 5.56 Å². The molecule has 0 aliphatic heterocycles. The molecule has 0 saturated heterocycles. The minimum Gasteiger partial charge on any atom is -0.480 e. The summed E-state index contributed by atoms with van der Waals surface area (Å²) >= 11 is 3.16. The molecule has 0 unspecified atom stereocenters.